The SMILES string of the molecule is OCc1nccc(-c2ccc(F)cc2)n1. The number of aliphatic hydroxyl groups excluding tert-OH is 1. The highest BCUT2D eigenvalue weighted by atomic mass is 19.1. The summed E-state index contributed by atoms with van der Waals surface area (Å²) in [6.45, 7) is -0.199. The molecule has 0 bridgehead atoms. The van der Waals surface area contributed by atoms with Gasteiger partial charge in [-0.05, 0) is 30.3 Å². The first-order valence-corrected chi connectivity index (χ1v) is 4.48. The fourth-order valence-electron chi connectivity index (χ4n) is 1.26. The molecule has 1 aromatic carbocycles. The van der Waals surface area contributed by atoms with Gasteiger partial charge >= 0.3 is 0 Å². The zero-order valence-corrected chi connectivity index (χ0v) is 7.89. The molecule has 3 nitrogen and oxygen atoms in total. The Hall–Kier alpha value is -1.81. The van der Waals surface area contributed by atoms with E-state index in [1.54, 1.807) is 24.4 Å². The number of aliphatic hydroxyl groups is 1. The monoisotopic (exact) mass is 204 g/mol. The Labute approximate surface area is 86.3 Å². The Morgan fingerprint density at radius 2 is 1.87 bits per heavy atom. The summed E-state index contributed by atoms with van der Waals surface area (Å²) in [5.74, 6) is 0.0759. The zero-order valence-electron chi connectivity index (χ0n) is 7.89. The van der Waals surface area contributed by atoms with E-state index in [4.69, 9.17) is 5.11 Å². The predicted molar refractivity (Wildman–Crippen MR) is 53.3 cm³/mol. The topological polar surface area (TPSA) is 46.0 Å². The molecular formula is C11H9FN2O. The van der Waals surface area contributed by atoms with Crippen molar-refractivity contribution >= 4 is 0 Å². The number of halogens is 1. The second-order valence-electron chi connectivity index (χ2n) is 3.02. The highest BCUT2D eigenvalue weighted by Gasteiger charge is 2.01. The Kier molecular flexibility index (Phi) is 2.69. The summed E-state index contributed by atoms with van der Waals surface area (Å²) < 4.78 is 12.7. The third-order valence-corrected chi connectivity index (χ3v) is 1.99. The van der Waals surface area contributed by atoms with Crippen LogP contribution in [0.2, 0.25) is 0 Å². The van der Waals surface area contributed by atoms with E-state index in [2.05, 4.69) is 9.97 Å². The highest BCUT2D eigenvalue weighted by molar-refractivity contribution is 5.58. The van der Waals surface area contributed by atoms with Gasteiger partial charge in [0.2, 0.25) is 0 Å². The number of hydrogen-bond acceptors (Lipinski definition) is 3. The van der Waals surface area contributed by atoms with Gasteiger partial charge in [-0.25, -0.2) is 14.4 Å². The zero-order chi connectivity index (χ0) is 10.7. The lowest BCUT2D eigenvalue weighted by molar-refractivity contribution is 0.271. The van der Waals surface area contributed by atoms with Crippen LogP contribution >= 0.6 is 0 Å². The van der Waals surface area contributed by atoms with Gasteiger partial charge in [-0.2, -0.15) is 0 Å². The maximum absolute atomic E-state index is 12.7. The molecule has 0 amide bonds. The third kappa shape index (κ3) is 2.16. The van der Waals surface area contributed by atoms with Gasteiger partial charge in [0.1, 0.15) is 12.4 Å². The molecule has 2 rings (SSSR count). The van der Waals surface area contributed by atoms with E-state index < -0.39 is 0 Å². The fourth-order valence-corrected chi connectivity index (χ4v) is 1.26. The Balaban J connectivity index is 2.40. The molecule has 0 aliphatic rings. The first kappa shape index (κ1) is 9.73. The quantitative estimate of drug-likeness (QED) is 0.810. The molecule has 0 radical (unpaired) electrons. The van der Waals surface area contributed by atoms with Crippen LogP contribution < -0.4 is 0 Å². The fraction of sp³-hybridized carbons (Fsp3) is 0.0909. The summed E-state index contributed by atoms with van der Waals surface area (Å²) in [5, 5.41) is 8.87. The maximum Gasteiger partial charge on any atom is 0.154 e. The number of hydrogen-bond donors (Lipinski definition) is 1. The van der Waals surface area contributed by atoms with Crippen LogP contribution in [0.5, 0.6) is 0 Å². The van der Waals surface area contributed by atoms with Gasteiger partial charge in [0.05, 0.1) is 5.69 Å². The first-order chi connectivity index (χ1) is 7.29. The molecule has 76 valence electrons. The molecule has 0 saturated carbocycles. The van der Waals surface area contributed by atoms with E-state index in [0.717, 1.165) is 5.56 Å². The number of rotatable bonds is 2. The number of aromatic nitrogens is 2. The van der Waals surface area contributed by atoms with E-state index in [-0.39, 0.29) is 12.4 Å². The van der Waals surface area contributed by atoms with Crippen molar-refractivity contribution in [3.8, 4) is 11.3 Å². The van der Waals surface area contributed by atoms with Crippen molar-refractivity contribution < 1.29 is 9.50 Å². The summed E-state index contributed by atoms with van der Waals surface area (Å²) in [4.78, 5) is 7.97. The van der Waals surface area contributed by atoms with Crippen molar-refractivity contribution in [1.29, 1.82) is 0 Å². The minimum Gasteiger partial charge on any atom is -0.388 e. The van der Waals surface area contributed by atoms with Gasteiger partial charge < -0.3 is 5.11 Å². The Morgan fingerprint density at radius 1 is 1.13 bits per heavy atom. The second kappa shape index (κ2) is 4.14. The molecule has 0 fully saturated rings. The summed E-state index contributed by atoms with van der Waals surface area (Å²) in [7, 11) is 0. The number of nitrogens with zero attached hydrogens (tertiary/aromatic N) is 2. The van der Waals surface area contributed by atoms with Crippen LogP contribution in [0.25, 0.3) is 11.3 Å². The van der Waals surface area contributed by atoms with Gasteiger partial charge in [0.25, 0.3) is 0 Å². The van der Waals surface area contributed by atoms with Crippen molar-refractivity contribution in [2.45, 2.75) is 6.61 Å². The van der Waals surface area contributed by atoms with E-state index in [1.807, 2.05) is 0 Å². The first-order valence-electron chi connectivity index (χ1n) is 4.48. The molecule has 15 heavy (non-hydrogen) atoms. The summed E-state index contributed by atoms with van der Waals surface area (Å²) in [5.41, 5.74) is 1.47. The van der Waals surface area contributed by atoms with Crippen LogP contribution in [0.4, 0.5) is 4.39 Å². The molecule has 0 unspecified atom stereocenters. The Bertz CT molecular complexity index is 456. The second-order valence-corrected chi connectivity index (χ2v) is 3.02. The molecule has 4 heteroatoms. The molecule has 1 heterocycles. The largest absolute Gasteiger partial charge is 0.388 e. The van der Waals surface area contributed by atoms with Crippen LogP contribution in [0.1, 0.15) is 5.82 Å². The summed E-state index contributed by atoms with van der Waals surface area (Å²) >= 11 is 0. The number of benzene rings is 1. The minimum absolute atomic E-state index is 0.199. The van der Waals surface area contributed by atoms with E-state index in [9.17, 15) is 4.39 Å². The molecule has 1 N–H and O–H groups in total. The molecule has 0 saturated heterocycles. The van der Waals surface area contributed by atoms with Crippen LogP contribution in [0, 0.1) is 5.82 Å². The van der Waals surface area contributed by atoms with Crippen molar-refractivity contribution in [2.75, 3.05) is 0 Å². The molecule has 0 spiro atoms. The molecule has 0 atom stereocenters. The van der Waals surface area contributed by atoms with Crippen molar-refractivity contribution in [3.63, 3.8) is 0 Å². The van der Waals surface area contributed by atoms with Crippen molar-refractivity contribution in [1.82, 2.24) is 9.97 Å². The third-order valence-electron chi connectivity index (χ3n) is 1.99. The van der Waals surface area contributed by atoms with Gasteiger partial charge in [-0.3, -0.25) is 0 Å². The van der Waals surface area contributed by atoms with Gasteiger partial charge in [-0.15, -0.1) is 0 Å². The average molecular weight is 204 g/mol. The Morgan fingerprint density at radius 3 is 2.53 bits per heavy atom. The normalized spacial score (nSPS) is 10.3. The average Bonchev–Trinajstić information content (AvgIpc) is 2.30. The van der Waals surface area contributed by atoms with Crippen LogP contribution in [-0.2, 0) is 6.61 Å². The van der Waals surface area contributed by atoms with Gasteiger partial charge in [0, 0.05) is 11.8 Å². The van der Waals surface area contributed by atoms with Crippen molar-refractivity contribution in [2.24, 2.45) is 0 Å². The molecule has 2 aromatic rings. The molecule has 0 aliphatic carbocycles. The van der Waals surface area contributed by atoms with Crippen LogP contribution in [0.3, 0.4) is 0 Å². The summed E-state index contributed by atoms with van der Waals surface area (Å²) in [6.07, 6.45) is 1.57. The summed E-state index contributed by atoms with van der Waals surface area (Å²) in [6, 6.07) is 7.73. The van der Waals surface area contributed by atoms with Gasteiger partial charge in [-0.1, -0.05) is 0 Å². The van der Waals surface area contributed by atoms with E-state index in [0.29, 0.717) is 11.5 Å². The van der Waals surface area contributed by atoms with E-state index >= 15 is 0 Å². The maximum atomic E-state index is 12.7. The lowest BCUT2D eigenvalue weighted by atomic mass is 10.1. The molecular weight excluding hydrogens is 195 g/mol. The van der Waals surface area contributed by atoms with E-state index in [1.165, 1.54) is 12.1 Å². The lowest BCUT2D eigenvalue weighted by Crippen LogP contribution is -1.95. The standard InChI is InChI=1S/C11H9FN2O/c12-9-3-1-8(2-4-9)10-5-6-13-11(7-15)14-10/h1-6,15H,7H2. The van der Waals surface area contributed by atoms with Crippen LogP contribution in [0.15, 0.2) is 36.5 Å². The molecule has 0 aliphatic heterocycles. The lowest BCUT2D eigenvalue weighted by Gasteiger charge is -2.01. The molecule has 1 aromatic heterocycles. The highest BCUT2D eigenvalue weighted by Crippen LogP contribution is 2.16. The predicted octanol–water partition coefficient (Wildman–Crippen LogP) is 1.77. The van der Waals surface area contributed by atoms with Crippen LogP contribution in [-0.4, -0.2) is 15.1 Å². The minimum atomic E-state index is -0.282. The van der Waals surface area contributed by atoms with Gasteiger partial charge in [0.15, 0.2) is 5.82 Å². The van der Waals surface area contributed by atoms with Crippen molar-refractivity contribution in [3.05, 3.63) is 48.2 Å². The smallest absolute Gasteiger partial charge is 0.154 e.